The quantitative estimate of drug-likeness (QED) is 0.753. The van der Waals surface area contributed by atoms with Gasteiger partial charge in [0, 0.05) is 32.7 Å². The van der Waals surface area contributed by atoms with E-state index in [4.69, 9.17) is 5.73 Å². The van der Waals surface area contributed by atoms with E-state index in [0.717, 1.165) is 26.1 Å². The summed E-state index contributed by atoms with van der Waals surface area (Å²) in [6.45, 7) is 2.65. The van der Waals surface area contributed by atoms with Crippen LogP contribution in [0, 0.1) is 5.92 Å². The van der Waals surface area contributed by atoms with Crippen LogP contribution in [0.1, 0.15) is 25.7 Å². The van der Waals surface area contributed by atoms with Gasteiger partial charge in [-0.05, 0) is 25.2 Å². The molecule has 0 aromatic rings. The number of rotatable bonds is 3. The average molecular weight is 211 g/mol. The number of likely N-dealkylation sites (N-methyl/N-ethyl adjacent to an activating group) is 1. The summed E-state index contributed by atoms with van der Waals surface area (Å²) in [7, 11) is 1.86. The van der Waals surface area contributed by atoms with E-state index in [0.29, 0.717) is 12.0 Å². The van der Waals surface area contributed by atoms with Crippen LogP contribution >= 0.6 is 0 Å². The number of hydrogen-bond acceptors (Lipinski definition) is 2. The van der Waals surface area contributed by atoms with E-state index in [-0.39, 0.29) is 6.03 Å². The van der Waals surface area contributed by atoms with Crippen LogP contribution in [0.3, 0.4) is 0 Å². The molecule has 1 saturated carbocycles. The van der Waals surface area contributed by atoms with Gasteiger partial charge >= 0.3 is 6.03 Å². The maximum Gasteiger partial charge on any atom is 0.319 e. The molecule has 0 aromatic heterocycles. The highest BCUT2D eigenvalue weighted by Crippen LogP contribution is 2.27. The highest BCUT2D eigenvalue weighted by atomic mass is 16.2. The van der Waals surface area contributed by atoms with E-state index < -0.39 is 0 Å². The first kappa shape index (κ1) is 10.7. The zero-order valence-electron chi connectivity index (χ0n) is 9.48. The standard InChI is InChI=1S/C11H21N3O/c1-13-7-8-14(11(13)15)6-5-9-3-2-4-10(9)12/h9-10H,2-8,12H2,1H3. The second-order valence-electron chi connectivity index (χ2n) is 4.83. The molecule has 2 unspecified atom stereocenters. The Labute approximate surface area is 91.4 Å². The fourth-order valence-corrected chi connectivity index (χ4v) is 2.66. The molecule has 1 saturated heterocycles. The van der Waals surface area contributed by atoms with Gasteiger partial charge in [-0.3, -0.25) is 0 Å². The lowest BCUT2D eigenvalue weighted by Gasteiger charge is -2.20. The van der Waals surface area contributed by atoms with Gasteiger partial charge in [-0.1, -0.05) is 6.42 Å². The van der Waals surface area contributed by atoms with Crippen molar-refractivity contribution in [1.82, 2.24) is 9.80 Å². The number of hydrogen-bond donors (Lipinski definition) is 1. The van der Waals surface area contributed by atoms with Gasteiger partial charge in [-0.25, -0.2) is 4.79 Å². The molecule has 2 N–H and O–H groups in total. The van der Waals surface area contributed by atoms with Crippen LogP contribution < -0.4 is 5.73 Å². The largest absolute Gasteiger partial charge is 0.327 e. The molecule has 4 nitrogen and oxygen atoms in total. The minimum atomic E-state index is 0.182. The molecular formula is C11H21N3O. The predicted octanol–water partition coefficient (Wildman–Crippen LogP) is 0.871. The fourth-order valence-electron chi connectivity index (χ4n) is 2.66. The van der Waals surface area contributed by atoms with Crippen LogP contribution in [0.2, 0.25) is 0 Å². The molecular weight excluding hydrogens is 190 g/mol. The molecule has 4 heteroatoms. The first-order valence-corrected chi connectivity index (χ1v) is 5.94. The molecule has 15 heavy (non-hydrogen) atoms. The Kier molecular flexibility index (Phi) is 3.14. The van der Waals surface area contributed by atoms with Crippen molar-refractivity contribution in [2.45, 2.75) is 31.7 Å². The Morgan fingerprint density at radius 3 is 2.73 bits per heavy atom. The first-order valence-electron chi connectivity index (χ1n) is 5.94. The maximum absolute atomic E-state index is 11.6. The summed E-state index contributed by atoms with van der Waals surface area (Å²) in [6, 6.07) is 0.557. The lowest BCUT2D eigenvalue weighted by atomic mass is 10.0. The second kappa shape index (κ2) is 4.39. The van der Waals surface area contributed by atoms with E-state index >= 15 is 0 Å². The maximum atomic E-state index is 11.6. The van der Waals surface area contributed by atoms with Gasteiger partial charge in [0.1, 0.15) is 0 Å². The van der Waals surface area contributed by atoms with Crippen LogP contribution in [0.15, 0.2) is 0 Å². The molecule has 2 rings (SSSR count). The summed E-state index contributed by atoms with van der Waals surface area (Å²) in [4.78, 5) is 15.3. The molecule has 0 aromatic carbocycles. The van der Waals surface area contributed by atoms with E-state index in [1.807, 2.05) is 11.9 Å². The number of urea groups is 1. The molecule has 2 atom stereocenters. The molecule has 1 heterocycles. The molecule has 2 amide bonds. The summed E-state index contributed by atoms with van der Waals surface area (Å²) in [6.07, 6.45) is 4.76. The Hall–Kier alpha value is -0.770. The van der Waals surface area contributed by atoms with E-state index in [1.165, 1.54) is 19.3 Å². The lowest BCUT2D eigenvalue weighted by Crippen LogP contribution is -2.33. The third kappa shape index (κ3) is 2.25. The number of carbonyl (C=O) groups is 1. The Morgan fingerprint density at radius 1 is 1.40 bits per heavy atom. The SMILES string of the molecule is CN1CCN(CCC2CCCC2N)C1=O. The molecule has 1 aliphatic carbocycles. The van der Waals surface area contributed by atoms with Gasteiger partial charge in [0.15, 0.2) is 0 Å². The van der Waals surface area contributed by atoms with Crippen LogP contribution in [-0.2, 0) is 0 Å². The summed E-state index contributed by atoms with van der Waals surface area (Å²) in [5.41, 5.74) is 6.01. The van der Waals surface area contributed by atoms with Gasteiger partial charge in [0.05, 0.1) is 0 Å². The van der Waals surface area contributed by atoms with Crippen molar-refractivity contribution in [3.63, 3.8) is 0 Å². The van der Waals surface area contributed by atoms with Gasteiger partial charge in [0.2, 0.25) is 0 Å². The topological polar surface area (TPSA) is 49.6 Å². The van der Waals surface area contributed by atoms with Gasteiger partial charge in [0.25, 0.3) is 0 Å². The minimum Gasteiger partial charge on any atom is -0.327 e. The van der Waals surface area contributed by atoms with Crippen molar-refractivity contribution in [2.75, 3.05) is 26.7 Å². The van der Waals surface area contributed by atoms with Crippen molar-refractivity contribution in [3.8, 4) is 0 Å². The zero-order valence-corrected chi connectivity index (χ0v) is 9.48. The highest BCUT2D eigenvalue weighted by Gasteiger charge is 2.28. The smallest absolute Gasteiger partial charge is 0.319 e. The molecule has 86 valence electrons. The Bertz CT molecular complexity index is 244. The summed E-state index contributed by atoms with van der Waals surface area (Å²) < 4.78 is 0. The van der Waals surface area contributed by atoms with Crippen LogP contribution in [0.5, 0.6) is 0 Å². The number of nitrogens with zero attached hydrogens (tertiary/aromatic N) is 2. The Morgan fingerprint density at radius 2 is 2.20 bits per heavy atom. The monoisotopic (exact) mass is 211 g/mol. The fraction of sp³-hybridized carbons (Fsp3) is 0.909. The summed E-state index contributed by atoms with van der Waals surface area (Å²) >= 11 is 0. The average Bonchev–Trinajstić information content (AvgIpc) is 2.74. The van der Waals surface area contributed by atoms with Gasteiger partial charge in [-0.2, -0.15) is 0 Å². The van der Waals surface area contributed by atoms with E-state index in [1.54, 1.807) is 4.90 Å². The first-order chi connectivity index (χ1) is 7.18. The minimum absolute atomic E-state index is 0.182. The Balaban J connectivity index is 1.76. The van der Waals surface area contributed by atoms with Crippen LogP contribution in [0.25, 0.3) is 0 Å². The summed E-state index contributed by atoms with van der Waals surface area (Å²) in [5.74, 6) is 0.642. The van der Waals surface area contributed by atoms with Gasteiger partial charge < -0.3 is 15.5 Å². The number of nitrogens with two attached hydrogens (primary N) is 1. The van der Waals surface area contributed by atoms with Crippen molar-refractivity contribution in [3.05, 3.63) is 0 Å². The molecule has 0 bridgehead atoms. The molecule has 2 aliphatic rings. The molecule has 1 aliphatic heterocycles. The van der Waals surface area contributed by atoms with Crippen molar-refractivity contribution in [2.24, 2.45) is 11.7 Å². The van der Waals surface area contributed by atoms with Crippen molar-refractivity contribution >= 4 is 6.03 Å². The predicted molar refractivity (Wildman–Crippen MR) is 59.5 cm³/mol. The van der Waals surface area contributed by atoms with Crippen molar-refractivity contribution in [1.29, 1.82) is 0 Å². The zero-order chi connectivity index (χ0) is 10.8. The van der Waals surface area contributed by atoms with Crippen LogP contribution in [0.4, 0.5) is 4.79 Å². The highest BCUT2D eigenvalue weighted by molar-refractivity contribution is 5.76. The lowest BCUT2D eigenvalue weighted by molar-refractivity contribution is 0.195. The number of amides is 2. The molecule has 0 spiro atoms. The number of carbonyl (C=O) groups excluding carboxylic acids is 1. The van der Waals surface area contributed by atoms with Gasteiger partial charge in [-0.15, -0.1) is 0 Å². The summed E-state index contributed by atoms with van der Waals surface area (Å²) in [5, 5.41) is 0. The molecule has 0 radical (unpaired) electrons. The third-order valence-electron chi connectivity index (χ3n) is 3.79. The van der Waals surface area contributed by atoms with E-state index in [2.05, 4.69) is 0 Å². The van der Waals surface area contributed by atoms with Crippen molar-refractivity contribution < 1.29 is 4.79 Å². The molecule has 2 fully saturated rings. The third-order valence-corrected chi connectivity index (χ3v) is 3.79. The van der Waals surface area contributed by atoms with Crippen LogP contribution in [-0.4, -0.2) is 48.6 Å². The normalized spacial score (nSPS) is 31.7. The second-order valence-corrected chi connectivity index (χ2v) is 4.83. The van der Waals surface area contributed by atoms with E-state index in [9.17, 15) is 4.79 Å².